The molecular weight excluding hydrogens is 306 g/mol. The third-order valence-electron chi connectivity index (χ3n) is 6.49. The van der Waals surface area contributed by atoms with E-state index in [0.29, 0.717) is 17.7 Å². The summed E-state index contributed by atoms with van der Waals surface area (Å²) in [5.41, 5.74) is 4.27. The summed E-state index contributed by atoms with van der Waals surface area (Å²) in [6.07, 6.45) is 7.61. The van der Waals surface area contributed by atoms with Gasteiger partial charge in [-0.05, 0) is 54.0 Å². The number of fused-ring (bicyclic) bond motifs is 4. The second-order valence-corrected chi connectivity index (χ2v) is 8.17. The second-order valence-electron chi connectivity index (χ2n) is 8.17. The molecule has 2 bridgehead atoms. The van der Waals surface area contributed by atoms with Gasteiger partial charge in [0.25, 0.3) is 0 Å². The van der Waals surface area contributed by atoms with Gasteiger partial charge in [0, 0.05) is 18.0 Å². The number of aromatic hydroxyl groups is 1. The maximum Gasteiger partial charge on any atom is 0.115 e. The molecule has 4 rings (SSSR count). The van der Waals surface area contributed by atoms with E-state index in [9.17, 15) is 5.11 Å². The van der Waals surface area contributed by atoms with Crippen LogP contribution in [0.15, 0.2) is 48.5 Å². The number of phenols is 1. The van der Waals surface area contributed by atoms with Crippen LogP contribution in [0.25, 0.3) is 0 Å². The van der Waals surface area contributed by atoms with Crippen LogP contribution in [0.3, 0.4) is 0 Å². The van der Waals surface area contributed by atoms with Gasteiger partial charge in [-0.15, -0.1) is 0 Å². The summed E-state index contributed by atoms with van der Waals surface area (Å²) in [4.78, 5) is 0. The molecule has 2 aromatic rings. The Kier molecular flexibility index (Phi) is 4.56. The van der Waals surface area contributed by atoms with Gasteiger partial charge in [0.05, 0.1) is 0 Å². The van der Waals surface area contributed by atoms with E-state index in [1.54, 1.807) is 0 Å². The molecule has 0 radical (unpaired) electrons. The minimum Gasteiger partial charge on any atom is -0.508 e. The van der Waals surface area contributed by atoms with Gasteiger partial charge in [0.1, 0.15) is 5.75 Å². The lowest BCUT2D eigenvalue weighted by Gasteiger charge is -2.49. The normalized spacial score (nSPS) is 28.7. The summed E-state index contributed by atoms with van der Waals surface area (Å²) >= 11 is 0. The quantitative estimate of drug-likeness (QED) is 0.832. The van der Waals surface area contributed by atoms with Gasteiger partial charge in [-0.25, -0.2) is 0 Å². The SMILES string of the molecule is C[C@@]12CCCCC[C@@H](Cc3ccc(O)cc31)[C@@H]2NCc1ccccc1. The molecule has 0 spiro atoms. The number of hydrogen-bond donors (Lipinski definition) is 2. The van der Waals surface area contributed by atoms with Crippen molar-refractivity contribution in [2.24, 2.45) is 5.92 Å². The molecule has 1 fully saturated rings. The van der Waals surface area contributed by atoms with Gasteiger partial charge in [0.2, 0.25) is 0 Å². The fourth-order valence-electron chi connectivity index (χ4n) is 5.21. The Morgan fingerprint density at radius 2 is 1.92 bits per heavy atom. The van der Waals surface area contributed by atoms with Crippen molar-refractivity contribution < 1.29 is 5.11 Å². The van der Waals surface area contributed by atoms with Crippen molar-refractivity contribution in [3.8, 4) is 5.75 Å². The molecule has 0 aliphatic heterocycles. The first-order chi connectivity index (χ1) is 12.2. The second kappa shape index (κ2) is 6.84. The Balaban J connectivity index is 1.68. The summed E-state index contributed by atoms with van der Waals surface area (Å²) in [5, 5.41) is 14.0. The molecule has 2 nitrogen and oxygen atoms in total. The molecule has 0 aromatic heterocycles. The van der Waals surface area contributed by atoms with Crippen molar-refractivity contribution in [3.05, 3.63) is 65.2 Å². The molecule has 132 valence electrons. The van der Waals surface area contributed by atoms with E-state index in [4.69, 9.17) is 0 Å². The molecule has 2 aliphatic rings. The molecule has 0 heterocycles. The number of benzene rings is 2. The third-order valence-corrected chi connectivity index (χ3v) is 6.49. The van der Waals surface area contributed by atoms with E-state index in [0.717, 1.165) is 13.0 Å². The maximum absolute atomic E-state index is 10.1. The molecule has 2 N–H and O–H groups in total. The van der Waals surface area contributed by atoms with Crippen molar-refractivity contribution in [1.82, 2.24) is 5.32 Å². The maximum atomic E-state index is 10.1. The first kappa shape index (κ1) is 16.7. The highest BCUT2D eigenvalue weighted by Crippen LogP contribution is 2.47. The first-order valence-electron chi connectivity index (χ1n) is 9.76. The third kappa shape index (κ3) is 3.20. The van der Waals surface area contributed by atoms with E-state index >= 15 is 0 Å². The van der Waals surface area contributed by atoms with Crippen LogP contribution >= 0.6 is 0 Å². The van der Waals surface area contributed by atoms with E-state index in [2.05, 4.69) is 48.6 Å². The highest BCUT2D eigenvalue weighted by molar-refractivity contribution is 5.44. The van der Waals surface area contributed by atoms with E-state index in [1.165, 1.54) is 48.8 Å². The van der Waals surface area contributed by atoms with Gasteiger partial charge >= 0.3 is 0 Å². The molecule has 25 heavy (non-hydrogen) atoms. The first-order valence-corrected chi connectivity index (χ1v) is 9.76. The summed E-state index contributed by atoms with van der Waals surface area (Å²) < 4.78 is 0. The molecule has 2 heteroatoms. The van der Waals surface area contributed by atoms with Crippen LogP contribution in [0.4, 0.5) is 0 Å². The number of nitrogens with one attached hydrogen (secondary N) is 1. The van der Waals surface area contributed by atoms with E-state index in [1.807, 2.05) is 12.1 Å². The van der Waals surface area contributed by atoms with Crippen LogP contribution in [0.2, 0.25) is 0 Å². The standard InChI is InChI=1S/C23H29NO/c1-23-13-7-3-6-10-19(14-18-11-12-20(25)15-21(18)23)22(23)24-16-17-8-4-2-5-9-17/h2,4-5,8-9,11-12,15,19,22,24-25H,3,6-7,10,13-14,16H2,1H3/t19-,22-,23+/m0/s1. The van der Waals surface area contributed by atoms with Crippen molar-refractivity contribution in [2.45, 2.75) is 63.5 Å². The fourth-order valence-corrected chi connectivity index (χ4v) is 5.21. The lowest BCUT2D eigenvalue weighted by atomic mass is 9.59. The average Bonchev–Trinajstić information content (AvgIpc) is 2.62. The van der Waals surface area contributed by atoms with Crippen molar-refractivity contribution >= 4 is 0 Å². The minimum absolute atomic E-state index is 0.103. The highest BCUT2D eigenvalue weighted by Gasteiger charge is 2.45. The van der Waals surface area contributed by atoms with Crippen molar-refractivity contribution in [2.75, 3.05) is 0 Å². The van der Waals surface area contributed by atoms with Crippen LogP contribution in [-0.4, -0.2) is 11.1 Å². The van der Waals surface area contributed by atoms with Crippen molar-refractivity contribution in [3.63, 3.8) is 0 Å². The van der Waals surface area contributed by atoms with Gasteiger partial charge in [-0.1, -0.05) is 62.6 Å². The molecule has 0 amide bonds. The molecule has 2 aliphatic carbocycles. The van der Waals surface area contributed by atoms with E-state index < -0.39 is 0 Å². The molecule has 2 aromatic carbocycles. The zero-order valence-corrected chi connectivity index (χ0v) is 15.2. The Labute approximate surface area is 151 Å². The van der Waals surface area contributed by atoms with Gasteiger partial charge in [0.15, 0.2) is 0 Å². The van der Waals surface area contributed by atoms with Crippen LogP contribution in [0, 0.1) is 5.92 Å². The largest absolute Gasteiger partial charge is 0.508 e. The highest BCUT2D eigenvalue weighted by atomic mass is 16.3. The average molecular weight is 335 g/mol. The molecule has 3 atom stereocenters. The monoisotopic (exact) mass is 335 g/mol. The van der Waals surface area contributed by atoms with Crippen LogP contribution in [-0.2, 0) is 18.4 Å². The van der Waals surface area contributed by atoms with Crippen LogP contribution < -0.4 is 5.32 Å². The summed E-state index contributed by atoms with van der Waals surface area (Å²) in [5.74, 6) is 1.09. The van der Waals surface area contributed by atoms with E-state index in [-0.39, 0.29) is 5.41 Å². The lowest BCUT2D eigenvalue weighted by molar-refractivity contribution is 0.165. The van der Waals surface area contributed by atoms with Gasteiger partial charge in [-0.2, -0.15) is 0 Å². The summed E-state index contributed by atoms with van der Waals surface area (Å²) in [7, 11) is 0. The van der Waals surface area contributed by atoms with Gasteiger partial charge in [-0.3, -0.25) is 0 Å². The van der Waals surface area contributed by atoms with Crippen LogP contribution in [0.1, 0.15) is 55.7 Å². The summed E-state index contributed by atoms with van der Waals surface area (Å²) in [6.45, 7) is 3.34. The Hall–Kier alpha value is -1.80. The Morgan fingerprint density at radius 1 is 1.08 bits per heavy atom. The Bertz CT molecular complexity index is 726. The molecular formula is C23H29NO. The number of hydrogen-bond acceptors (Lipinski definition) is 2. The lowest BCUT2D eigenvalue weighted by Crippen LogP contribution is -2.55. The smallest absolute Gasteiger partial charge is 0.115 e. The van der Waals surface area contributed by atoms with Crippen LogP contribution in [0.5, 0.6) is 5.75 Å². The number of phenolic OH excluding ortho intramolecular Hbond substituents is 1. The van der Waals surface area contributed by atoms with Crippen molar-refractivity contribution in [1.29, 1.82) is 0 Å². The molecule has 1 saturated carbocycles. The number of rotatable bonds is 3. The molecule has 0 unspecified atom stereocenters. The zero-order chi connectivity index (χ0) is 17.3. The predicted octanol–water partition coefficient (Wildman–Crippen LogP) is 4.94. The molecule has 0 saturated heterocycles. The fraction of sp³-hybridized carbons (Fsp3) is 0.478. The Morgan fingerprint density at radius 3 is 2.76 bits per heavy atom. The topological polar surface area (TPSA) is 32.3 Å². The predicted molar refractivity (Wildman–Crippen MR) is 103 cm³/mol. The summed E-state index contributed by atoms with van der Waals surface area (Å²) in [6, 6.07) is 17.2. The zero-order valence-electron chi connectivity index (χ0n) is 15.2. The van der Waals surface area contributed by atoms with Gasteiger partial charge < -0.3 is 10.4 Å². The minimum atomic E-state index is 0.103.